The van der Waals surface area contributed by atoms with Gasteiger partial charge in [-0.05, 0) is 0 Å². The molecular weight excluding hydrogens is 172 g/mol. The highest BCUT2D eigenvalue weighted by molar-refractivity contribution is 7.81. The van der Waals surface area contributed by atoms with Gasteiger partial charge in [0.1, 0.15) is 0 Å². The van der Waals surface area contributed by atoms with Gasteiger partial charge in [0.2, 0.25) is 0 Å². The van der Waals surface area contributed by atoms with E-state index in [0.717, 1.165) is 0 Å². The molecule has 1 aliphatic rings. The molecule has 0 aromatic rings. The Bertz CT molecular complexity index is 195. The molecule has 11 heavy (non-hydrogen) atoms. The fourth-order valence-electron chi connectivity index (χ4n) is 0.773. The van der Waals surface area contributed by atoms with Crippen molar-refractivity contribution in [3.63, 3.8) is 0 Å². The zero-order valence-electron chi connectivity index (χ0n) is 6.15. The lowest BCUT2D eigenvalue weighted by atomic mass is 10.2. The average Bonchev–Trinajstić information content (AvgIpc) is 1.94. The molecule has 1 fully saturated rings. The maximum Gasteiger partial charge on any atom is 0.399 e. The fraction of sp³-hybridized carbons (Fsp3) is 1.00. The second kappa shape index (κ2) is 3.48. The summed E-state index contributed by atoms with van der Waals surface area (Å²) >= 11 is 0. The van der Waals surface area contributed by atoms with Crippen molar-refractivity contribution < 1.29 is 21.5 Å². The highest BCUT2D eigenvalue weighted by Gasteiger charge is 2.24. The normalized spacial score (nSPS) is 25.2. The minimum atomic E-state index is -3.69. The Morgan fingerprint density at radius 3 is 2.45 bits per heavy atom. The molecule has 0 bridgehead atoms. The number of rotatable bonds is 2. The van der Waals surface area contributed by atoms with Crippen LogP contribution in [0.5, 0.6) is 0 Å². The fourth-order valence-corrected chi connectivity index (χ4v) is 1.56. The number of hydrogen-bond acceptors (Lipinski definition) is 5. The van der Waals surface area contributed by atoms with E-state index in [4.69, 9.17) is 4.74 Å². The number of hydrogen-bond donors (Lipinski definition) is 0. The van der Waals surface area contributed by atoms with E-state index in [0.29, 0.717) is 6.61 Å². The van der Waals surface area contributed by atoms with Gasteiger partial charge in [-0.15, -0.1) is 0 Å². The summed E-state index contributed by atoms with van der Waals surface area (Å²) < 4.78 is 34.6. The third kappa shape index (κ3) is 2.74. The van der Waals surface area contributed by atoms with Crippen molar-refractivity contribution in [2.75, 3.05) is 26.9 Å². The Morgan fingerprint density at radius 2 is 2.00 bits per heavy atom. The summed E-state index contributed by atoms with van der Waals surface area (Å²) in [4.78, 5) is 0. The lowest BCUT2D eigenvalue weighted by Crippen LogP contribution is -2.30. The van der Waals surface area contributed by atoms with Gasteiger partial charge in [0.25, 0.3) is 0 Å². The third-order valence-corrected chi connectivity index (χ3v) is 2.15. The molecule has 0 N–H and O–H groups in total. The van der Waals surface area contributed by atoms with Crippen molar-refractivity contribution in [2.45, 2.75) is 0 Å². The van der Waals surface area contributed by atoms with E-state index in [1.165, 1.54) is 0 Å². The molecule has 6 heteroatoms. The first-order valence-corrected chi connectivity index (χ1v) is 4.50. The van der Waals surface area contributed by atoms with Crippen LogP contribution in [-0.2, 0) is 23.5 Å². The van der Waals surface area contributed by atoms with E-state index in [2.05, 4.69) is 8.37 Å². The summed E-state index contributed by atoms with van der Waals surface area (Å²) in [7, 11) is -2.14. The molecule has 0 saturated carbocycles. The molecule has 66 valence electrons. The van der Waals surface area contributed by atoms with Crippen molar-refractivity contribution in [1.82, 2.24) is 0 Å². The van der Waals surface area contributed by atoms with E-state index in [1.54, 1.807) is 7.11 Å². The second-order valence-electron chi connectivity index (χ2n) is 2.30. The first-order chi connectivity index (χ1) is 5.14. The second-order valence-corrected chi connectivity index (χ2v) is 3.59. The Labute approximate surface area is 65.6 Å². The predicted molar refractivity (Wildman–Crippen MR) is 36.2 cm³/mol. The van der Waals surface area contributed by atoms with Crippen LogP contribution in [0.4, 0.5) is 0 Å². The van der Waals surface area contributed by atoms with Crippen molar-refractivity contribution in [3.8, 4) is 0 Å². The van der Waals surface area contributed by atoms with Crippen molar-refractivity contribution in [3.05, 3.63) is 0 Å². The number of ether oxygens (including phenoxy) is 1. The lowest BCUT2D eigenvalue weighted by molar-refractivity contribution is 0.0481. The predicted octanol–water partition coefficient (Wildman–Crippen LogP) is -0.459. The smallest absolute Gasteiger partial charge is 0.384 e. The Balaban J connectivity index is 2.36. The standard InChI is InChI=1S/C5H10O5S/c1-8-2-5-3-9-11(6,7)10-4-5/h5H,2-4H2,1H3. The Morgan fingerprint density at radius 1 is 1.45 bits per heavy atom. The van der Waals surface area contributed by atoms with Crippen LogP contribution in [0.3, 0.4) is 0 Å². The summed E-state index contributed by atoms with van der Waals surface area (Å²) in [5.41, 5.74) is 0. The highest BCUT2D eigenvalue weighted by Crippen LogP contribution is 2.11. The molecule has 0 spiro atoms. The largest absolute Gasteiger partial charge is 0.399 e. The maximum absolute atomic E-state index is 10.5. The Hall–Kier alpha value is -0.170. The minimum absolute atomic E-state index is 0.0172. The molecule has 0 aromatic heterocycles. The molecule has 0 radical (unpaired) electrons. The molecule has 5 nitrogen and oxygen atoms in total. The molecular formula is C5H10O5S. The van der Waals surface area contributed by atoms with Crippen LogP contribution in [0.15, 0.2) is 0 Å². The SMILES string of the molecule is COCC1COS(=O)(=O)OC1. The maximum atomic E-state index is 10.5. The van der Waals surface area contributed by atoms with Gasteiger partial charge in [0.15, 0.2) is 0 Å². The van der Waals surface area contributed by atoms with E-state index in [1.807, 2.05) is 0 Å². The minimum Gasteiger partial charge on any atom is -0.384 e. The summed E-state index contributed by atoms with van der Waals surface area (Å²) in [6.45, 7) is 0.752. The summed E-state index contributed by atoms with van der Waals surface area (Å²) in [5.74, 6) is 0.0172. The summed E-state index contributed by atoms with van der Waals surface area (Å²) in [6, 6.07) is 0. The molecule has 0 amide bonds. The van der Waals surface area contributed by atoms with Gasteiger partial charge in [-0.25, -0.2) is 8.37 Å². The molecule has 0 aromatic carbocycles. The third-order valence-electron chi connectivity index (χ3n) is 1.30. The van der Waals surface area contributed by atoms with E-state index in [-0.39, 0.29) is 19.1 Å². The van der Waals surface area contributed by atoms with Crippen LogP contribution in [-0.4, -0.2) is 35.3 Å². The average molecular weight is 182 g/mol. The van der Waals surface area contributed by atoms with Crippen molar-refractivity contribution in [1.29, 1.82) is 0 Å². The van der Waals surface area contributed by atoms with Crippen LogP contribution in [0.2, 0.25) is 0 Å². The molecule has 0 unspecified atom stereocenters. The van der Waals surface area contributed by atoms with Crippen LogP contribution in [0.25, 0.3) is 0 Å². The van der Waals surface area contributed by atoms with Gasteiger partial charge in [-0.3, -0.25) is 0 Å². The van der Waals surface area contributed by atoms with Gasteiger partial charge in [-0.2, -0.15) is 8.42 Å². The van der Waals surface area contributed by atoms with Crippen LogP contribution < -0.4 is 0 Å². The first kappa shape index (κ1) is 8.92. The molecule has 1 saturated heterocycles. The highest BCUT2D eigenvalue weighted by atomic mass is 32.3. The molecule has 1 aliphatic heterocycles. The zero-order valence-corrected chi connectivity index (χ0v) is 6.96. The van der Waals surface area contributed by atoms with E-state index < -0.39 is 10.4 Å². The Kier molecular flexibility index (Phi) is 2.83. The monoisotopic (exact) mass is 182 g/mol. The molecule has 0 atom stereocenters. The lowest BCUT2D eigenvalue weighted by Gasteiger charge is -2.20. The van der Waals surface area contributed by atoms with Crippen molar-refractivity contribution in [2.24, 2.45) is 5.92 Å². The van der Waals surface area contributed by atoms with Gasteiger partial charge < -0.3 is 4.74 Å². The van der Waals surface area contributed by atoms with Gasteiger partial charge in [0.05, 0.1) is 19.8 Å². The molecule has 1 heterocycles. The van der Waals surface area contributed by atoms with E-state index >= 15 is 0 Å². The summed E-state index contributed by atoms with van der Waals surface area (Å²) in [6.07, 6.45) is 0. The zero-order chi connectivity index (χ0) is 8.32. The van der Waals surface area contributed by atoms with Crippen LogP contribution in [0, 0.1) is 5.92 Å². The van der Waals surface area contributed by atoms with Crippen molar-refractivity contribution >= 4 is 10.4 Å². The quantitative estimate of drug-likeness (QED) is 0.578. The number of methoxy groups -OCH3 is 1. The van der Waals surface area contributed by atoms with E-state index in [9.17, 15) is 8.42 Å². The first-order valence-electron chi connectivity index (χ1n) is 3.17. The molecule has 0 aliphatic carbocycles. The summed E-state index contributed by atoms with van der Waals surface area (Å²) in [5, 5.41) is 0. The molecule has 1 rings (SSSR count). The van der Waals surface area contributed by atoms with Gasteiger partial charge in [-0.1, -0.05) is 0 Å². The van der Waals surface area contributed by atoms with Gasteiger partial charge >= 0.3 is 10.4 Å². The topological polar surface area (TPSA) is 61.8 Å². The van der Waals surface area contributed by atoms with Crippen LogP contribution >= 0.6 is 0 Å². The van der Waals surface area contributed by atoms with Crippen LogP contribution in [0.1, 0.15) is 0 Å². The van der Waals surface area contributed by atoms with Gasteiger partial charge in [0, 0.05) is 13.0 Å².